The lowest BCUT2D eigenvalue weighted by Crippen LogP contribution is -2.45. The Balaban J connectivity index is 1.78. The van der Waals surface area contributed by atoms with Gasteiger partial charge in [-0.3, -0.25) is 0 Å². The molecular formula is C20H27FN4O3S. The standard InChI is InChI=1S/C20H27FN4O3S/c1-4-14(2)22-20(26)25-11-5-10-24(12-13-25)19-15(3)18(29(27,28)23-19)16-6-8-17(21)9-7-16/h6-9,14H,4-5,10-13H2,1-3H3,(H,22,26)/t14-/m1/s1. The summed E-state index contributed by atoms with van der Waals surface area (Å²) in [6.45, 7) is 7.89. The number of rotatable bonds is 3. The number of benzene rings is 1. The predicted molar refractivity (Wildman–Crippen MR) is 111 cm³/mol. The number of carbonyl (C=O) groups excluding carboxylic acids is 1. The molecule has 0 spiro atoms. The molecule has 0 bridgehead atoms. The lowest BCUT2D eigenvalue weighted by Gasteiger charge is -2.25. The third kappa shape index (κ3) is 4.60. The van der Waals surface area contributed by atoms with Crippen LogP contribution in [0.3, 0.4) is 0 Å². The summed E-state index contributed by atoms with van der Waals surface area (Å²) in [7, 11) is -3.85. The molecule has 0 radical (unpaired) electrons. The van der Waals surface area contributed by atoms with Crippen LogP contribution in [0.1, 0.15) is 39.2 Å². The largest absolute Gasteiger partial charge is 0.354 e. The number of urea groups is 1. The Morgan fingerprint density at radius 1 is 1.21 bits per heavy atom. The molecule has 9 heteroatoms. The third-order valence-electron chi connectivity index (χ3n) is 5.31. The lowest BCUT2D eigenvalue weighted by molar-refractivity contribution is 0.196. The molecule has 7 nitrogen and oxygen atoms in total. The highest BCUT2D eigenvalue weighted by molar-refractivity contribution is 8.00. The van der Waals surface area contributed by atoms with Crippen LogP contribution in [0.25, 0.3) is 4.91 Å². The molecule has 0 aliphatic carbocycles. The SMILES string of the molecule is CC[C@@H](C)NC(=O)N1CCCN(C2=NS(=O)(=O)C(c3ccc(F)cc3)=C2C)CC1. The summed E-state index contributed by atoms with van der Waals surface area (Å²) in [5, 5.41) is 2.97. The molecule has 0 unspecified atom stereocenters. The summed E-state index contributed by atoms with van der Waals surface area (Å²) < 4.78 is 42.6. The van der Waals surface area contributed by atoms with Crippen molar-refractivity contribution in [1.29, 1.82) is 0 Å². The number of nitrogens with zero attached hydrogens (tertiary/aromatic N) is 3. The van der Waals surface area contributed by atoms with Crippen LogP contribution in [0.4, 0.5) is 9.18 Å². The zero-order valence-electron chi connectivity index (χ0n) is 17.0. The summed E-state index contributed by atoms with van der Waals surface area (Å²) in [6.07, 6.45) is 1.57. The molecule has 1 fully saturated rings. The van der Waals surface area contributed by atoms with Crippen molar-refractivity contribution in [2.75, 3.05) is 26.2 Å². The van der Waals surface area contributed by atoms with Gasteiger partial charge in [0.15, 0.2) is 0 Å². The number of hydrogen-bond acceptors (Lipinski definition) is 4. The fraction of sp³-hybridized carbons (Fsp3) is 0.500. The Bertz CT molecular complexity index is 941. The van der Waals surface area contributed by atoms with Gasteiger partial charge in [-0.25, -0.2) is 9.18 Å². The van der Waals surface area contributed by atoms with Crippen molar-refractivity contribution < 1.29 is 17.6 Å². The van der Waals surface area contributed by atoms with Crippen LogP contribution < -0.4 is 5.32 Å². The van der Waals surface area contributed by atoms with Gasteiger partial charge >= 0.3 is 6.03 Å². The van der Waals surface area contributed by atoms with Gasteiger partial charge < -0.3 is 15.1 Å². The van der Waals surface area contributed by atoms with Crippen LogP contribution >= 0.6 is 0 Å². The van der Waals surface area contributed by atoms with Gasteiger partial charge in [-0.05, 0) is 44.4 Å². The maximum absolute atomic E-state index is 13.2. The minimum Gasteiger partial charge on any atom is -0.354 e. The van der Waals surface area contributed by atoms with Gasteiger partial charge in [0.05, 0.1) is 0 Å². The van der Waals surface area contributed by atoms with Gasteiger partial charge in [-0.2, -0.15) is 8.42 Å². The molecule has 2 aliphatic rings. The Morgan fingerprint density at radius 2 is 1.90 bits per heavy atom. The first-order valence-electron chi connectivity index (χ1n) is 9.85. The van der Waals surface area contributed by atoms with Gasteiger partial charge in [0.25, 0.3) is 10.0 Å². The maximum Gasteiger partial charge on any atom is 0.317 e. The van der Waals surface area contributed by atoms with Crippen molar-refractivity contribution in [3.8, 4) is 0 Å². The zero-order chi connectivity index (χ0) is 21.2. The van der Waals surface area contributed by atoms with E-state index in [2.05, 4.69) is 9.71 Å². The summed E-state index contributed by atoms with van der Waals surface area (Å²) >= 11 is 0. The van der Waals surface area contributed by atoms with E-state index in [1.54, 1.807) is 11.8 Å². The zero-order valence-corrected chi connectivity index (χ0v) is 17.8. The normalized spacial score (nSPS) is 20.3. The number of carbonyl (C=O) groups is 1. The average molecular weight is 423 g/mol. The highest BCUT2D eigenvalue weighted by Gasteiger charge is 2.34. The van der Waals surface area contributed by atoms with Crippen molar-refractivity contribution in [1.82, 2.24) is 15.1 Å². The first-order chi connectivity index (χ1) is 13.7. The van der Waals surface area contributed by atoms with E-state index in [1.807, 2.05) is 18.7 Å². The summed E-state index contributed by atoms with van der Waals surface area (Å²) in [4.78, 5) is 16.2. The van der Waals surface area contributed by atoms with Gasteiger partial charge in [0.1, 0.15) is 16.6 Å². The minimum absolute atomic E-state index is 0.0959. The van der Waals surface area contributed by atoms with Crippen molar-refractivity contribution >= 4 is 26.8 Å². The first-order valence-corrected chi connectivity index (χ1v) is 11.3. The monoisotopic (exact) mass is 422 g/mol. The molecule has 3 rings (SSSR count). The quantitative estimate of drug-likeness (QED) is 0.812. The molecule has 0 saturated carbocycles. The molecule has 158 valence electrons. The van der Waals surface area contributed by atoms with Crippen molar-refractivity contribution in [2.45, 2.75) is 39.7 Å². The molecule has 29 heavy (non-hydrogen) atoms. The highest BCUT2D eigenvalue weighted by atomic mass is 32.2. The van der Waals surface area contributed by atoms with Gasteiger partial charge in [-0.15, -0.1) is 4.40 Å². The number of hydrogen-bond donors (Lipinski definition) is 1. The molecule has 2 heterocycles. The Labute approximate surface area is 171 Å². The predicted octanol–water partition coefficient (Wildman–Crippen LogP) is 2.81. The molecule has 1 atom stereocenters. The molecule has 0 aromatic heterocycles. The van der Waals surface area contributed by atoms with Gasteiger partial charge in [0, 0.05) is 37.8 Å². The fourth-order valence-electron chi connectivity index (χ4n) is 3.52. The van der Waals surface area contributed by atoms with Crippen LogP contribution in [-0.4, -0.2) is 62.3 Å². The highest BCUT2D eigenvalue weighted by Crippen LogP contribution is 2.33. The molecule has 2 amide bonds. The van der Waals surface area contributed by atoms with E-state index < -0.39 is 15.8 Å². The number of halogens is 1. The van der Waals surface area contributed by atoms with Crippen LogP contribution in [0.2, 0.25) is 0 Å². The van der Waals surface area contributed by atoms with Crippen molar-refractivity contribution in [3.05, 3.63) is 41.2 Å². The average Bonchev–Trinajstić information content (AvgIpc) is 2.83. The topological polar surface area (TPSA) is 82.1 Å². The van der Waals surface area contributed by atoms with E-state index >= 15 is 0 Å². The molecule has 2 aliphatic heterocycles. The summed E-state index contributed by atoms with van der Waals surface area (Å²) in [6, 6.07) is 5.39. The molecule has 1 aromatic carbocycles. The van der Waals surface area contributed by atoms with Crippen LogP contribution in [-0.2, 0) is 10.0 Å². The van der Waals surface area contributed by atoms with Crippen LogP contribution in [0.5, 0.6) is 0 Å². The van der Waals surface area contributed by atoms with E-state index in [0.717, 1.165) is 6.42 Å². The van der Waals surface area contributed by atoms with Gasteiger partial charge in [0.2, 0.25) is 0 Å². The van der Waals surface area contributed by atoms with Gasteiger partial charge in [-0.1, -0.05) is 19.1 Å². The van der Waals surface area contributed by atoms with E-state index in [-0.39, 0.29) is 17.0 Å². The second-order valence-corrected chi connectivity index (χ2v) is 8.98. The molecule has 1 saturated heterocycles. The second kappa shape index (κ2) is 8.52. The van der Waals surface area contributed by atoms with E-state index in [9.17, 15) is 17.6 Å². The van der Waals surface area contributed by atoms with Crippen molar-refractivity contribution in [3.63, 3.8) is 0 Å². The van der Waals surface area contributed by atoms with E-state index in [1.165, 1.54) is 24.3 Å². The number of amides is 2. The second-order valence-electron chi connectivity index (χ2n) is 7.44. The summed E-state index contributed by atoms with van der Waals surface area (Å²) in [5.74, 6) is -0.0136. The number of sulfonamides is 1. The number of nitrogens with one attached hydrogen (secondary N) is 1. The van der Waals surface area contributed by atoms with E-state index in [4.69, 9.17) is 0 Å². The Morgan fingerprint density at radius 3 is 2.55 bits per heavy atom. The Hall–Kier alpha value is -2.42. The number of amidine groups is 1. The molecule has 1 aromatic rings. The van der Waals surface area contributed by atoms with Crippen LogP contribution in [0.15, 0.2) is 34.2 Å². The first kappa shape index (κ1) is 21.3. The summed E-state index contributed by atoms with van der Waals surface area (Å²) in [5.41, 5.74) is 0.973. The van der Waals surface area contributed by atoms with Crippen LogP contribution in [0, 0.1) is 5.82 Å². The molecular weight excluding hydrogens is 395 g/mol. The minimum atomic E-state index is -3.85. The molecule has 1 N–H and O–H groups in total. The third-order valence-corrected chi connectivity index (χ3v) is 6.78. The lowest BCUT2D eigenvalue weighted by atomic mass is 10.1. The fourth-order valence-corrected chi connectivity index (χ4v) is 5.00. The smallest absolute Gasteiger partial charge is 0.317 e. The van der Waals surface area contributed by atoms with E-state index in [0.29, 0.717) is 49.6 Å². The Kier molecular flexibility index (Phi) is 6.26. The maximum atomic E-state index is 13.2. The van der Waals surface area contributed by atoms with Crippen molar-refractivity contribution in [2.24, 2.45) is 4.40 Å².